The third-order valence-electron chi connectivity index (χ3n) is 6.74. The number of pyridine rings is 2. The number of hydrogen-bond donors (Lipinski definition) is 2. The number of carboxylic acids is 1. The Kier molecular flexibility index (Phi) is 6.29. The average Bonchev–Trinajstić information content (AvgIpc) is 3.24. The number of nitrogens with zero attached hydrogens (tertiary/aromatic N) is 3. The van der Waals surface area contributed by atoms with Crippen molar-refractivity contribution in [2.24, 2.45) is 5.92 Å². The zero-order valence-corrected chi connectivity index (χ0v) is 20.4. The van der Waals surface area contributed by atoms with Crippen molar-refractivity contribution in [3.8, 4) is 17.3 Å². The number of aromatic hydroxyl groups is 1. The Morgan fingerprint density at radius 3 is 2.68 bits per heavy atom. The highest BCUT2D eigenvalue weighted by Crippen LogP contribution is 2.34. The van der Waals surface area contributed by atoms with Crippen LogP contribution >= 0.6 is 0 Å². The van der Waals surface area contributed by atoms with Gasteiger partial charge in [0.05, 0.1) is 17.2 Å². The van der Waals surface area contributed by atoms with Crippen molar-refractivity contribution in [3.05, 3.63) is 88.1 Å². The number of aromatic carboxylic acids is 1. The molecule has 0 amide bonds. The van der Waals surface area contributed by atoms with Crippen LogP contribution in [0.1, 0.15) is 29.3 Å². The molecule has 190 valence electrons. The van der Waals surface area contributed by atoms with Crippen molar-refractivity contribution >= 4 is 22.6 Å². The topological polar surface area (TPSA) is 105 Å². The van der Waals surface area contributed by atoms with Crippen LogP contribution < -0.4 is 15.1 Å². The van der Waals surface area contributed by atoms with Gasteiger partial charge in [-0.15, -0.1) is 0 Å². The second kappa shape index (κ2) is 9.57. The first kappa shape index (κ1) is 24.3. The summed E-state index contributed by atoms with van der Waals surface area (Å²) in [5.74, 6) is -1.17. The van der Waals surface area contributed by atoms with Crippen molar-refractivity contribution < 1.29 is 24.1 Å². The summed E-state index contributed by atoms with van der Waals surface area (Å²) in [6, 6.07) is 12.4. The molecule has 1 fully saturated rings. The minimum absolute atomic E-state index is 0.0383. The molecule has 37 heavy (non-hydrogen) atoms. The largest absolute Gasteiger partial charge is 0.508 e. The molecule has 0 spiro atoms. The number of rotatable bonds is 6. The van der Waals surface area contributed by atoms with E-state index < -0.39 is 22.8 Å². The van der Waals surface area contributed by atoms with Crippen LogP contribution in [0.4, 0.5) is 10.1 Å². The summed E-state index contributed by atoms with van der Waals surface area (Å²) in [5.41, 5.74) is 0.852. The van der Waals surface area contributed by atoms with Crippen LogP contribution in [0.2, 0.25) is 0 Å². The third-order valence-corrected chi connectivity index (χ3v) is 6.74. The van der Waals surface area contributed by atoms with Crippen LogP contribution in [0.5, 0.6) is 11.6 Å². The Balaban J connectivity index is 1.61. The average molecular weight is 504 g/mol. The zero-order valence-electron chi connectivity index (χ0n) is 20.4. The predicted molar refractivity (Wildman–Crippen MR) is 138 cm³/mol. The van der Waals surface area contributed by atoms with Crippen LogP contribution in [-0.4, -0.2) is 44.9 Å². The van der Waals surface area contributed by atoms with Crippen LogP contribution in [-0.2, 0) is 0 Å². The number of fused-ring (bicyclic) bond motifs is 1. The van der Waals surface area contributed by atoms with E-state index in [1.54, 1.807) is 24.4 Å². The Bertz CT molecular complexity index is 1550. The summed E-state index contributed by atoms with van der Waals surface area (Å²) < 4.78 is 23.1. The molecule has 4 aromatic rings. The highest BCUT2D eigenvalue weighted by atomic mass is 19.1. The quantitative estimate of drug-likeness (QED) is 0.398. The first-order valence-corrected chi connectivity index (χ1v) is 12.0. The van der Waals surface area contributed by atoms with Gasteiger partial charge in [0.15, 0.2) is 0 Å². The summed E-state index contributed by atoms with van der Waals surface area (Å²) in [4.78, 5) is 31.0. The minimum Gasteiger partial charge on any atom is -0.508 e. The number of carboxylic acid groups (broad SMARTS) is 1. The number of phenols is 1. The molecule has 5 rings (SSSR count). The predicted octanol–water partition coefficient (Wildman–Crippen LogP) is 4.53. The van der Waals surface area contributed by atoms with Gasteiger partial charge in [0.2, 0.25) is 11.3 Å². The number of aromatic nitrogens is 2. The Morgan fingerprint density at radius 2 is 1.97 bits per heavy atom. The Labute approximate surface area is 212 Å². The molecule has 9 heteroatoms. The third kappa shape index (κ3) is 4.60. The number of hydrogen-bond acceptors (Lipinski definition) is 6. The molecule has 0 radical (unpaired) electrons. The van der Waals surface area contributed by atoms with E-state index in [9.17, 15) is 19.8 Å². The van der Waals surface area contributed by atoms with Crippen molar-refractivity contribution in [2.45, 2.75) is 26.3 Å². The van der Waals surface area contributed by atoms with Crippen molar-refractivity contribution in [1.82, 2.24) is 9.55 Å². The van der Waals surface area contributed by atoms with E-state index in [-0.39, 0.29) is 23.1 Å². The number of anilines is 1. The molecule has 0 saturated carbocycles. The molecule has 2 N–H and O–H groups in total. The lowest BCUT2D eigenvalue weighted by Gasteiger charge is -2.28. The fourth-order valence-electron chi connectivity index (χ4n) is 4.94. The Hall–Kier alpha value is -4.40. The first-order valence-electron chi connectivity index (χ1n) is 12.0. The highest BCUT2D eigenvalue weighted by Gasteiger charge is 2.33. The number of aryl methyl sites for hydroxylation is 1. The molecule has 1 aliphatic heterocycles. The fourth-order valence-corrected chi connectivity index (χ4v) is 4.94. The van der Waals surface area contributed by atoms with Crippen LogP contribution in [0, 0.1) is 18.7 Å². The van der Waals surface area contributed by atoms with Crippen molar-refractivity contribution in [1.29, 1.82) is 0 Å². The van der Waals surface area contributed by atoms with E-state index in [0.717, 1.165) is 18.1 Å². The second-order valence-corrected chi connectivity index (χ2v) is 9.47. The highest BCUT2D eigenvalue weighted by molar-refractivity contribution is 5.94. The van der Waals surface area contributed by atoms with Gasteiger partial charge in [-0.05, 0) is 61.7 Å². The fraction of sp³-hybridized carbons (Fsp3) is 0.250. The summed E-state index contributed by atoms with van der Waals surface area (Å²) in [7, 11) is 0. The number of halogens is 1. The maximum atomic E-state index is 15.6. The van der Waals surface area contributed by atoms with E-state index in [1.807, 2.05) is 24.0 Å². The van der Waals surface area contributed by atoms with E-state index in [2.05, 4.69) is 11.9 Å². The first-order chi connectivity index (χ1) is 17.7. The summed E-state index contributed by atoms with van der Waals surface area (Å²) in [5, 5.41) is 19.3. The molecule has 1 saturated heterocycles. The molecule has 2 aromatic carbocycles. The van der Waals surface area contributed by atoms with Crippen LogP contribution in [0.25, 0.3) is 16.6 Å². The van der Waals surface area contributed by atoms with E-state index in [1.165, 1.54) is 22.9 Å². The smallest absolute Gasteiger partial charge is 0.341 e. The summed E-state index contributed by atoms with van der Waals surface area (Å²) >= 11 is 0. The maximum absolute atomic E-state index is 15.6. The minimum atomic E-state index is -1.40. The molecular weight excluding hydrogens is 477 g/mol. The van der Waals surface area contributed by atoms with Gasteiger partial charge in [0, 0.05) is 35.6 Å². The lowest BCUT2D eigenvalue weighted by molar-refractivity contribution is 0.0695. The SMILES string of the molecule is Cc1cccnc1OC[C@H]1CC(C)CN1c1cc2c(cc1F)c(=O)c(C(=O)O)cn2-c1ccc(O)cc1. The molecule has 2 aromatic heterocycles. The second-order valence-electron chi connectivity index (χ2n) is 9.47. The van der Waals surface area contributed by atoms with E-state index >= 15 is 4.39 Å². The van der Waals surface area contributed by atoms with Gasteiger partial charge in [-0.1, -0.05) is 13.0 Å². The molecule has 0 bridgehead atoms. The van der Waals surface area contributed by atoms with E-state index in [0.29, 0.717) is 35.9 Å². The molecule has 3 heterocycles. The monoisotopic (exact) mass is 503 g/mol. The molecule has 1 unspecified atom stereocenters. The number of ether oxygens (including phenoxy) is 1. The van der Waals surface area contributed by atoms with Gasteiger partial charge in [0.1, 0.15) is 23.7 Å². The van der Waals surface area contributed by atoms with E-state index in [4.69, 9.17) is 4.74 Å². The maximum Gasteiger partial charge on any atom is 0.341 e. The van der Waals surface area contributed by atoms with Gasteiger partial charge in [-0.2, -0.15) is 0 Å². The zero-order chi connectivity index (χ0) is 26.3. The van der Waals surface area contributed by atoms with Crippen LogP contribution in [0.3, 0.4) is 0 Å². The van der Waals surface area contributed by atoms with Gasteiger partial charge < -0.3 is 24.4 Å². The number of carbonyl (C=O) groups is 1. The lowest BCUT2D eigenvalue weighted by Crippen LogP contribution is -2.35. The normalized spacial score (nSPS) is 17.3. The van der Waals surface area contributed by atoms with Gasteiger partial charge >= 0.3 is 5.97 Å². The van der Waals surface area contributed by atoms with Crippen molar-refractivity contribution in [2.75, 3.05) is 18.1 Å². The van der Waals surface area contributed by atoms with Gasteiger partial charge in [0.25, 0.3) is 0 Å². The van der Waals surface area contributed by atoms with Gasteiger partial charge in [-0.3, -0.25) is 4.79 Å². The summed E-state index contributed by atoms with van der Waals surface area (Å²) in [6.45, 7) is 4.90. The number of phenolic OH excluding ortho intramolecular Hbond substituents is 1. The standard InChI is InChI=1S/C28H26FN3O5/c1-16-10-19(15-37-27-17(2)4-3-9-30-27)31(13-16)25-12-24-21(11-23(25)29)26(34)22(28(35)36)14-32(24)18-5-7-20(33)8-6-18/h3-9,11-12,14,16,19,33H,10,13,15H2,1-2H3,(H,35,36)/t16?,19-/m1/s1. The van der Waals surface area contributed by atoms with Crippen molar-refractivity contribution in [3.63, 3.8) is 0 Å². The van der Waals surface area contributed by atoms with Gasteiger partial charge in [-0.25, -0.2) is 14.2 Å². The molecule has 1 aliphatic rings. The molecule has 2 atom stereocenters. The molecule has 8 nitrogen and oxygen atoms in total. The molecular formula is C28H26FN3O5. The summed E-state index contributed by atoms with van der Waals surface area (Å²) in [6.07, 6.45) is 3.68. The Morgan fingerprint density at radius 1 is 1.22 bits per heavy atom. The lowest BCUT2D eigenvalue weighted by atomic mass is 10.1. The number of benzene rings is 2. The molecule has 0 aliphatic carbocycles. The van der Waals surface area contributed by atoms with Crippen LogP contribution in [0.15, 0.2) is 65.7 Å².